The lowest BCUT2D eigenvalue weighted by Gasteiger charge is -2.36. The van der Waals surface area contributed by atoms with Gasteiger partial charge in [0, 0.05) is 11.5 Å². The first kappa shape index (κ1) is 24.5. The second kappa shape index (κ2) is 11.7. The molecule has 1 heterocycles. The van der Waals surface area contributed by atoms with Gasteiger partial charge in [0.25, 0.3) is 0 Å². The summed E-state index contributed by atoms with van der Waals surface area (Å²) in [5.41, 5.74) is 5.28. The molecule has 1 aliphatic heterocycles. The van der Waals surface area contributed by atoms with Gasteiger partial charge in [-0.1, -0.05) is 80.8 Å². The van der Waals surface area contributed by atoms with Gasteiger partial charge < -0.3 is 14.2 Å². The molecular formula is C33H38O3. The summed E-state index contributed by atoms with van der Waals surface area (Å²) < 4.78 is 18.7. The molecular weight excluding hydrogens is 444 g/mol. The Kier molecular flexibility index (Phi) is 7.95. The summed E-state index contributed by atoms with van der Waals surface area (Å²) in [6.45, 7) is 5.91. The minimum absolute atomic E-state index is 0.0284. The number of hydrogen-bond acceptors (Lipinski definition) is 3. The van der Waals surface area contributed by atoms with Crippen molar-refractivity contribution in [2.75, 3.05) is 13.2 Å². The maximum atomic E-state index is 6.73. The average molecular weight is 483 g/mol. The molecule has 3 nitrogen and oxygen atoms in total. The molecule has 2 aliphatic rings. The molecule has 1 fully saturated rings. The molecule has 1 saturated carbocycles. The highest BCUT2D eigenvalue weighted by molar-refractivity contribution is 5.56. The fraction of sp³-hybridized carbons (Fsp3) is 0.394. The van der Waals surface area contributed by atoms with E-state index in [1.54, 1.807) is 0 Å². The zero-order chi connectivity index (χ0) is 24.7. The van der Waals surface area contributed by atoms with E-state index in [0.717, 1.165) is 69.0 Å². The standard InChI is InChI=1S/C33H38O3/c1-3-5-18-34-27-14-12-26(13-15-27)33-31-22-25(20-24-10-8-7-9-11-24)21-29(31)30-23-28(35-19-6-4-2)16-17-32(30)36-33/h7-17,20,23,29,31,33H,3-6,18-19,21-22H2,1-2H3/t29-,31-,33-/m0/s1. The monoisotopic (exact) mass is 482 g/mol. The van der Waals surface area contributed by atoms with Gasteiger partial charge in [0.2, 0.25) is 0 Å². The van der Waals surface area contributed by atoms with E-state index >= 15 is 0 Å². The van der Waals surface area contributed by atoms with E-state index in [2.05, 4.69) is 92.7 Å². The predicted octanol–water partition coefficient (Wildman–Crippen LogP) is 8.76. The van der Waals surface area contributed by atoms with E-state index in [-0.39, 0.29) is 6.10 Å². The summed E-state index contributed by atoms with van der Waals surface area (Å²) in [6, 6.07) is 25.7. The largest absolute Gasteiger partial charge is 0.494 e. The third-order valence-electron chi connectivity index (χ3n) is 7.43. The Bertz CT molecular complexity index is 1150. The number of unbranched alkanes of at least 4 members (excludes halogenated alkanes) is 2. The Morgan fingerprint density at radius 3 is 2.22 bits per heavy atom. The van der Waals surface area contributed by atoms with Gasteiger partial charge >= 0.3 is 0 Å². The molecule has 0 aromatic heterocycles. The van der Waals surface area contributed by atoms with Crippen molar-refractivity contribution in [2.24, 2.45) is 5.92 Å². The quantitative estimate of drug-likeness (QED) is 0.270. The number of rotatable bonds is 10. The van der Waals surface area contributed by atoms with Crippen molar-refractivity contribution in [3.8, 4) is 17.2 Å². The van der Waals surface area contributed by atoms with Crippen molar-refractivity contribution >= 4 is 6.08 Å². The molecule has 188 valence electrons. The number of allylic oxidation sites excluding steroid dienone is 1. The summed E-state index contributed by atoms with van der Waals surface area (Å²) in [5.74, 6) is 3.70. The predicted molar refractivity (Wildman–Crippen MR) is 147 cm³/mol. The Hall–Kier alpha value is -3.20. The van der Waals surface area contributed by atoms with Crippen LogP contribution < -0.4 is 14.2 Å². The fourth-order valence-corrected chi connectivity index (χ4v) is 5.50. The third-order valence-corrected chi connectivity index (χ3v) is 7.43. The van der Waals surface area contributed by atoms with Crippen LogP contribution in [0.1, 0.15) is 81.1 Å². The van der Waals surface area contributed by atoms with Crippen molar-refractivity contribution in [1.29, 1.82) is 0 Å². The number of hydrogen-bond donors (Lipinski definition) is 0. The molecule has 0 saturated heterocycles. The van der Waals surface area contributed by atoms with Crippen LogP contribution >= 0.6 is 0 Å². The van der Waals surface area contributed by atoms with E-state index in [0.29, 0.717) is 11.8 Å². The minimum Gasteiger partial charge on any atom is -0.494 e. The van der Waals surface area contributed by atoms with E-state index < -0.39 is 0 Å². The van der Waals surface area contributed by atoms with Crippen LogP contribution in [0, 0.1) is 5.92 Å². The van der Waals surface area contributed by atoms with Crippen molar-refractivity contribution in [1.82, 2.24) is 0 Å². The number of fused-ring (bicyclic) bond motifs is 3. The molecule has 0 spiro atoms. The second-order valence-corrected chi connectivity index (χ2v) is 10.1. The Morgan fingerprint density at radius 1 is 0.806 bits per heavy atom. The number of benzene rings is 3. The Morgan fingerprint density at radius 2 is 1.50 bits per heavy atom. The zero-order valence-electron chi connectivity index (χ0n) is 21.6. The van der Waals surface area contributed by atoms with Crippen molar-refractivity contribution in [3.05, 3.63) is 95.1 Å². The molecule has 3 heteroatoms. The van der Waals surface area contributed by atoms with Gasteiger partial charge in [-0.2, -0.15) is 0 Å². The third kappa shape index (κ3) is 5.61. The first-order valence-electron chi connectivity index (χ1n) is 13.7. The second-order valence-electron chi connectivity index (χ2n) is 10.1. The highest BCUT2D eigenvalue weighted by Gasteiger charge is 2.43. The summed E-state index contributed by atoms with van der Waals surface area (Å²) in [4.78, 5) is 0. The van der Waals surface area contributed by atoms with Crippen LogP contribution in [0.25, 0.3) is 6.08 Å². The highest BCUT2D eigenvalue weighted by atomic mass is 16.5. The molecule has 0 amide bonds. The Labute approximate surface area is 216 Å². The molecule has 0 N–H and O–H groups in total. The summed E-state index contributed by atoms with van der Waals surface area (Å²) in [5, 5.41) is 0. The van der Waals surface area contributed by atoms with E-state index in [4.69, 9.17) is 14.2 Å². The molecule has 1 aliphatic carbocycles. The lowest BCUT2D eigenvalue weighted by molar-refractivity contribution is 0.105. The molecule has 3 aromatic carbocycles. The van der Waals surface area contributed by atoms with E-state index in [1.165, 1.54) is 22.3 Å². The lowest BCUT2D eigenvalue weighted by Crippen LogP contribution is -2.26. The molecule has 0 bridgehead atoms. The van der Waals surface area contributed by atoms with Crippen LogP contribution in [-0.2, 0) is 0 Å². The summed E-state index contributed by atoms with van der Waals surface area (Å²) >= 11 is 0. The van der Waals surface area contributed by atoms with E-state index in [9.17, 15) is 0 Å². The van der Waals surface area contributed by atoms with Crippen LogP contribution in [0.3, 0.4) is 0 Å². The first-order chi connectivity index (χ1) is 17.7. The van der Waals surface area contributed by atoms with Crippen LogP contribution in [0.4, 0.5) is 0 Å². The van der Waals surface area contributed by atoms with Crippen LogP contribution in [-0.4, -0.2) is 13.2 Å². The molecule has 0 unspecified atom stereocenters. The average Bonchev–Trinajstić information content (AvgIpc) is 3.33. The van der Waals surface area contributed by atoms with E-state index in [1.807, 2.05) is 0 Å². The van der Waals surface area contributed by atoms with Crippen LogP contribution in [0.15, 0.2) is 78.4 Å². The van der Waals surface area contributed by atoms with Crippen LogP contribution in [0.5, 0.6) is 17.2 Å². The van der Waals surface area contributed by atoms with Crippen molar-refractivity contribution in [3.63, 3.8) is 0 Å². The molecule has 5 rings (SSSR count). The molecule has 0 radical (unpaired) electrons. The van der Waals surface area contributed by atoms with Gasteiger partial charge in [-0.3, -0.25) is 0 Å². The fourth-order valence-electron chi connectivity index (χ4n) is 5.50. The van der Waals surface area contributed by atoms with Crippen molar-refractivity contribution in [2.45, 2.75) is 64.4 Å². The molecule has 3 atom stereocenters. The lowest BCUT2D eigenvalue weighted by atomic mass is 9.80. The van der Waals surface area contributed by atoms with Gasteiger partial charge in [-0.05, 0) is 73.1 Å². The Balaban J connectivity index is 1.43. The number of ether oxygens (including phenoxy) is 3. The minimum atomic E-state index is 0.0284. The van der Waals surface area contributed by atoms with Gasteiger partial charge in [0.1, 0.15) is 23.4 Å². The zero-order valence-corrected chi connectivity index (χ0v) is 21.6. The van der Waals surface area contributed by atoms with Gasteiger partial charge in [-0.15, -0.1) is 0 Å². The maximum Gasteiger partial charge on any atom is 0.127 e. The highest BCUT2D eigenvalue weighted by Crippen LogP contribution is 2.56. The SMILES string of the molecule is CCCCOc1ccc([C@@H]2Oc3ccc(OCCCC)cc3[C@@H]3CC(=Cc4ccccc4)C[C@@H]32)cc1. The summed E-state index contributed by atoms with van der Waals surface area (Å²) in [6.07, 6.45) is 8.93. The summed E-state index contributed by atoms with van der Waals surface area (Å²) in [7, 11) is 0. The van der Waals surface area contributed by atoms with Crippen LogP contribution in [0.2, 0.25) is 0 Å². The topological polar surface area (TPSA) is 27.7 Å². The normalized spacial score (nSPS) is 21.5. The van der Waals surface area contributed by atoms with Gasteiger partial charge in [-0.25, -0.2) is 0 Å². The van der Waals surface area contributed by atoms with Gasteiger partial charge in [0.15, 0.2) is 0 Å². The van der Waals surface area contributed by atoms with Crippen molar-refractivity contribution < 1.29 is 14.2 Å². The maximum absolute atomic E-state index is 6.73. The molecule has 36 heavy (non-hydrogen) atoms. The van der Waals surface area contributed by atoms with Gasteiger partial charge in [0.05, 0.1) is 13.2 Å². The first-order valence-corrected chi connectivity index (χ1v) is 13.7. The molecule has 3 aromatic rings. The smallest absolute Gasteiger partial charge is 0.127 e.